The Bertz CT molecular complexity index is 2520. The van der Waals surface area contributed by atoms with Gasteiger partial charge in [-0.25, -0.2) is 0 Å². The summed E-state index contributed by atoms with van der Waals surface area (Å²) in [4.78, 5) is 47.3. The Hall–Kier alpha value is -6.31. The second kappa shape index (κ2) is 23.3. The number of methoxy groups -OCH3 is 2. The number of fused-ring (bicyclic) bond motifs is 1. The number of imide groups is 1. The minimum absolute atomic E-state index is 0.0425. The molecule has 3 heterocycles. The maximum Gasteiger partial charge on any atom is 0.303 e. The van der Waals surface area contributed by atoms with Crippen molar-refractivity contribution < 1.29 is 62.1 Å². The van der Waals surface area contributed by atoms with Crippen LogP contribution in [0.3, 0.4) is 0 Å². The Morgan fingerprint density at radius 1 is 0.696 bits per heavy atom. The highest BCUT2D eigenvalue weighted by molar-refractivity contribution is 7.99. The van der Waals surface area contributed by atoms with Crippen molar-refractivity contribution in [2.24, 2.45) is 5.11 Å². The van der Waals surface area contributed by atoms with Gasteiger partial charge in [0.2, 0.25) is 0 Å². The van der Waals surface area contributed by atoms with E-state index in [0.717, 1.165) is 26.5 Å². The van der Waals surface area contributed by atoms with E-state index in [-0.39, 0.29) is 37.6 Å². The van der Waals surface area contributed by atoms with Crippen LogP contribution in [-0.4, -0.2) is 116 Å². The summed E-state index contributed by atoms with van der Waals surface area (Å²) in [6, 6.07) is 36.9. The molecule has 0 bridgehead atoms. The minimum atomic E-state index is -1.53. The highest BCUT2D eigenvalue weighted by Gasteiger charge is 2.58. The molecule has 1 N–H and O–H groups in total. The molecule has 5 aromatic carbocycles. The summed E-state index contributed by atoms with van der Waals surface area (Å²) < 4.78 is 56.7. The highest BCUT2D eigenvalue weighted by Crippen LogP contribution is 2.42. The molecule has 5 aromatic rings. The molecule has 360 valence electrons. The first-order valence-electron chi connectivity index (χ1n) is 22.3. The highest BCUT2D eigenvalue weighted by atomic mass is 32.2. The number of hydrogen-bond donors (Lipinski definition) is 1. The Morgan fingerprint density at radius 2 is 1.25 bits per heavy atom. The number of ether oxygens (including phenoxy) is 9. The normalized spacial score (nSPS) is 25.4. The number of nitrogens with zero attached hydrogens (tertiary/aromatic N) is 4. The molecular formula is C51H52N4O13S. The van der Waals surface area contributed by atoms with E-state index in [1.165, 1.54) is 18.7 Å². The summed E-state index contributed by atoms with van der Waals surface area (Å²) in [7, 11) is 3.14. The van der Waals surface area contributed by atoms with Crippen LogP contribution >= 0.6 is 11.8 Å². The molecule has 0 radical (unpaired) electrons. The molecule has 8 rings (SSSR count). The number of rotatable bonds is 20. The number of esters is 1. The van der Waals surface area contributed by atoms with Crippen molar-refractivity contribution in [2.45, 2.75) is 92.1 Å². The van der Waals surface area contributed by atoms with Crippen molar-refractivity contribution in [1.82, 2.24) is 4.90 Å². The fourth-order valence-corrected chi connectivity index (χ4v) is 9.77. The summed E-state index contributed by atoms with van der Waals surface area (Å²) >= 11 is 1.22. The molecule has 0 unspecified atom stereocenters. The lowest BCUT2D eigenvalue weighted by molar-refractivity contribution is -0.320. The topological polar surface area (TPSA) is 207 Å². The van der Waals surface area contributed by atoms with Gasteiger partial charge in [0, 0.05) is 16.7 Å². The maximum atomic E-state index is 14.5. The molecule has 3 aliphatic heterocycles. The van der Waals surface area contributed by atoms with Gasteiger partial charge in [-0.15, -0.1) is 0 Å². The average Bonchev–Trinajstić information content (AvgIpc) is 3.62. The maximum absolute atomic E-state index is 14.5. The number of benzene rings is 5. The first kappa shape index (κ1) is 49.1. The van der Waals surface area contributed by atoms with Gasteiger partial charge in [0.15, 0.2) is 12.4 Å². The SMILES string of the molecule is COc1ccc(COC[C@H]2O[C@@H](Sc3ccccc3)[C@H](N3C(=O)c4ccccc4C3=O)[C@@H](OC(C)=O)[C@@H]2O[C@H]2O[C@H](CO)[C@@H](OCc3ccc(OC)cc3)[C@H](OCc3ccccc3)[C@H]2N=[N+]=[N-])cc1. The largest absolute Gasteiger partial charge is 0.497 e. The predicted molar refractivity (Wildman–Crippen MR) is 250 cm³/mol. The zero-order valence-electron chi connectivity index (χ0n) is 38.1. The zero-order valence-corrected chi connectivity index (χ0v) is 38.9. The van der Waals surface area contributed by atoms with Crippen molar-refractivity contribution in [3.05, 3.63) is 172 Å². The first-order valence-corrected chi connectivity index (χ1v) is 23.2. The van der Waals surface area contributed by atoms with Gasteiger partial charge in [-0.2, -0.15) is 0 Å². The lowest BCUT2D eigenvalue weighted by Crippen LogP contribution is -2.68. The quantitative estimate of drug-likeness (QED) is 0.0268. The first-order chi connectivity index (χ1) is 33.7. The molecule has 0 aromatic heterocycles. The van der Waals surface area contributed by atoms with E-state index in [1.807, 2.05) is 84.9 Å². The number of carbonyl (C=O) groups excluding carboxylic acids is 3. The van der Waals surface area contributed by atoms with Crippen LogP contribution in [-0.2, 0) is 57.8 Å². The van der Waals surface area contributed by atoms with E-state index >= 15 is 0 Å². The van der Waals surface area contributed by atoms with Crippen LogP contribution < -0.4 is 9.47 Å². The van der Waals surface area contributed by atoms with Crippen LogP contribution in [0.15, 0.2) is 143 Å². The predicted octanol–water partition coefficient (Wildman–Crippen LogP) is 7.29. The van der Waals surface area contributed by atoms with Gasteiger partial charge in [0.25, 0.3) is 11.8 Å². The molecule has 2 amide bonds. The summed E-state index contributed by atoms with van der Waals surface area (Å²) in [5.41, 5.74) is 11.8. The Balaban J connectivity index is 1.19. The van der Waals surface area contributed by atoms with E-state index in [1.54, 1.807) is 62.8 Å². The van der Waals surface area contributed by atoms with E-state index < -0.39 is 84.8 Å². The monoisotopic (exact) mass is 960 g/mol. The number of thioether (sulfide) groups is 1. The van der Waals surface area contributed by atoms with E-state index in [4.69, 9.17) is 42.6 Å². The van der Waals surface area contributed by atoms with Crippen molar-refractivity contribution in [3.8, 4) is 11.5 Å². The van der Waals surface area contributed by atoms with Crippen LogP contribution in [0.1, 0.15) is 44.3 Å². The van der Waals surface area contributed by atoms with E-state index in [0.29, 0.717) is 11.5 Å². The number of amides is 2. The standard InChI is InChI=1S/C51H52N4O13S/c1-31(57)65-47-43(55-48(58)38-16-10-11-17-39(38)49(55)59)51(69-37-14-8-5-9-15-37)67-41(30-62-27-33-18-22-35(60-2)23-19-33)45(47)68-50-42(53-54-52)46(64-28-32-12-6-4-7-13-32)44(40(26-56)66-50)63-29-34-20-24-36(61-3)25-21-34/h4-25,40-47,50-51,56H,26-30H2,1-3H3/t40-,41-,42-,43-,44-,45-,46-,47-,50-,51+/m1/s1. The van der Waals surface area contributed by atoms with Crippen LogP contribution in [0.25, 0.3) is 10.4 Å². The average molecular weight is 961 g/mol. The summed E-state index contributed by atoms with van der Waals surface area (Å²) in [5.74, 6) is -0.687. The summed E-state index contributed by atoms with van der Waals surface area (Å²) in [5, 5.41) is 15.2. The number of hydrogen-bond acceptors (Lipinski definition) is 15. The van der Waals surface area contributed by atoms with Gasteiger partial charge in [0.05, 0.1) is 58.4 Å². The Morgan fingerprint density at radius 3 is 1.81 bits per heavy atom. The Kier molecular flexibility index (Phi) is 16.6. The molecule has 2 fully saturated rings. The van der Waals surface area contributed by atoms with Crippen LogP contribution in [0.4, 0.5) is 0 Å². The molecular weight excluding hydrogens is 909 g/mol. The number of azide groups is 1. The zero-order chi connectivity index (χ0) is 48.3. The molecule has 10 atom stereocenters. The molecule has 0 saturated carbocycles. The number of carbonyl (C=O) groups is 3. The number of aliphatic hydroxyl groups is 1. The van der Waals surface area contributed by atoms with Gasteiger partial charge in [-0.05, 0) is 70.8 Å². The lowest BCUT2D eigenvalue weighted by Gasteiger charge is -2.50. The van der Waals surface area contributed by atoms with Gasteiger partial charge in [-0.1, -0.05) is 102 Å². The lowest BCUT2D eigenvalue weighted by atomic mass is 9.94. The van der Waals surface area contributed by atoms with Crippen molar-refractivity contribution in [3.63, 3.8) is 0 Å². The van der Waals surface area contributed by atoms with E-state index in [2.05, 4.69) is 10.0 Å². The third-order valence-electron chi connectivity index (χ3n) is 11.9. The number of aliphatic hydroxyl groups excluding tert-OH is 1. The molecule has 0 spiro atoms. The van der Waals surface area contributed by atoms with E-state index in [9.17, 15) is 25.0 Å². The fraction of sp³-hybridized carbons (Fsp3) is 0.353. The molecule has 3 aliphatic rings. The third-order valence-corrected chi connectivity index (χ3v) is 13.1. The molecule has 17 nitrogen and oxygen atoms in total. The summed E-state index contributed by atoms with van der Waals surface area (Å²) in [6.45, 7) is 0.664. The molecule has 69 heavy (non-hydrogen) atoms. The minimum Gasteiger partial charge on any atom is -0.497 e. The van der Waals surface area contributed by atoms with Gasteiger partial charge < -0.3 is 47.7 Å². The fourth-order valence-electron chi connectivity index (χ4n) is 8.57. The van der Waals surface area contributed by atoms with Crippen LogP contribution in [0, 0.1) is 0 Å². The molecule has 18 heteroatoms. The van der Waals surface area contributed by atoms with Crippen LogP contribution in [0.5, 0.6) is 11.5 Å². The second-order valence-corrected chi connectivity index (χ2v) is 17.5. The van der Waals surface area contributed by atoms with Gasteiger partial charge in [-0.3, -0.25) is 19.3 Å². The second-order valence-electron chi connectivity index (χ2n) is 16.3. The third kappa shape index (κ3) is 11.6. The van der Waals surface area contributed by atoms with Crippen molar-refractivity contribution >= 4 is 29.5 Å². The van der Waals surface area contributed by atoms with Crippen molar-refractivity contribution in [1.29, 1.82) is 0 Å². The molecule has 0 aliphatic carbocycles. The van der Waals surface area contributed by atoms with Crippen LogP contribution in [0.2, 0.25) is 0 Å². The smallest absolute Gasteiger partial charge is 0.303 e. The van der Waals surface area contributed by atoms with Gasteiger partial charge in [0.1, 0.15) is 59.5 Å². The Labute approximate surface area is 403 Å². The van der Waals surface area contributed by atoms with Gasteiger partial charge >= 0.3 is 5.97 Å². The van der Waals surface area contributed by atoms with Crippen molar-refractivity contribution in [2.75, 3.05) is 27.4 Å². The molecule has 2 saturated heterocycles. The summed E-state index contributed by atoms with van der Waals surface area (Å²) in [6.07, 6.45) is -8.72.